The van der Waals surface area contributed by atoms with Gasteiger partial charge in [0.05, 0.1) is 11.4 Å². The Morgan fingerprint density at radius 1 is 1.42 bits per heavy atom. The predicted molar refractivity (Wildman–Crippen MR) is 78.4 cm³/mol. The highest BCUT2D eigenvalue weighted by Crippen LogP contribution is 2.32. The van der Waals surface area contributed by atoms with Gasteiger partial charge in [0, 0.05) is 13.2 Å². The van der Waals surface area contributed by atoms with E-state index in [2.05, 4.69) is 9.69 Å². The van der Waals surface area contributed by atoms with E-state index >= 15 is 0 Å². The third-order valence-corrected chi connectivity index (χ3v) is 5.32. The van der Waals surface area contributed by atoms with Crippen molar-refractivity contribution >= 4 is 32.2 Å². The maximum absolute atomic E-state index is 12.0. The van der Waals surface area contributed by atoms with Crippen LogP contribution in [0.2, 0.25) is 0 Å². The van der Waals surface area contributed by atoms with Crippen LogP contribution >= 0.6 is 11.5 Å². The fourth-order valence-electron chi connectivity index (χ4n) is 1.59. The topological polar surface area (TPSA) is 94.3 Å². The predicted octanol–water partition coefficient (Wildman–Crippen LogP) is 1.75. The number of nitrogens with zero attached hydrogens (tertiary/aromatic N) is 1. The van der Waals surface area contributed by atoms with Gasteiger partial charge in [0.2, 0.25) is 0 Å². The molecule has 0 radical (unpaired) electrons. The molecule has 0 aliphatic carbocycles. The quantitative estimate of drug-likeness (QED) is 0.797. The lowest BCUT2D eigenvalue weighted by Gasteiger charge is -2.25. The Morgan fingerprint density at radius 3 is 2.58 bits per heavy atom. The van der Waals surface area contributed by atoms with Gasteiger partial charge in [-0.3, -0.25) is 0 Å². The number of anilines is 2. The molecule has 0 bridgehead atoms. The molecule has 0 aliphatic rings. The van der Waals surface area contributed by atoms with E-state index in [0.29, 0.717) is 18.2 Å². The molecule has 0 aliphatic heterocycles. The minimum atomic E-state index is -3.38. The summed E-state index contributed by atoms with van der Waals surface area (Å²) in [6.45, 7) is 8.44. The number of hydrogen-bond acceptors (Lipinski definition) is 7. The van der Waals surface area contributed by atoms with Crippen molar-refractivity contribution in [2.75, 3.05) is 30.0 Å². The minimum absolute atomic E-state index is 0.000847. The maximum atomic E-state index is 12.0. The van der Waals surface area contributed by atoms with E-state index in [1.807, 2.05) is 20.8 Å². The van der Waals surface area contributed by atoms with Crippen LogP contribution in [0.5, 0.6) is 0 Å². The number of nitrogens with two attached hydrogens (primary N) is 1. The minimum Gasteiger partial charge on any atom is -0.382 e. The third kappa shape index (κ3) is 4.05. The summed E-state index contributed by atoms with van der Waals surface area (Å²) in [5, 5.41) is 3.55. The second-order valence-electron chi connectivity index (χ2n) is 4.68. The van der Waals surface area contributed by atoms with Gasteiger partial charge >= 0.3 is 0 Å². The highest BCUT2D eigenvalue weighted by molar-refractivity contribution is 7.91. The number of aromatic nitrogens is 1. The van der Waals surface area contributed by atoms with Gasteiger partial charge in [0.25, 0.3) is 0 Å². The number of hydrogen-bond donors (Lipinski definition) is 2. The Hall–Kier alpha value is -0.860. The van der Waals surface area contributed by atoms with Gasteiger partial charge in [-0.1, -0.05) is 6.92 Å². The Labute approximate surface area is 118 Å². The summed E-state index contributed by atoms with van der Waals surface area (Å²) in [4.78, 5) is 0.104. The van der Waals surface area contributed by atoms with E-state index in [1.54, 1.807) is 6.92 Å². The van der Waals surface area contributed by atoms with Crippen molar-refractivity contribution < 1.29 is 13.2 Å². The molecule has 0 amide bonds. The second kappa shape index (κ2) is 6.06. The first-order valence-corrected chi connectivity index (χ1v) is 8.51. The molecule has 1 aromatic rings. The van der Waals surface area contributed by atoms with Crippen molar-refractivity contribution in [1.82, 2.24) is 4.37 Å². The highest BCUT2D eigenvalue weighted by Gasteiger charge is 2.25. The molecule has 6 nitrogen and oxygen atoms in total. The molecular formula is C11H21N3O3S2. The summed E-state index contributed by atoms with van der Waals surface area (Å²) in [5.74, 6) is 0.0580. The molecule has 0 saturated heterocycles. The van der Waals surface area contributed by atoms with E-state index in [0.717, 1.165) is 11.5 Å². The Bertz CT molecular complexity index is 523. The number of rotatable bonds is 7. The Kier molecular flexibility index (Phi) is 5.17. The van der Waals surface area contributed by atoms with Crippen LogP contribution < -0.4 is 11.1 Å². The average molecular weight is 307 g/mol. The van der Waals surface area contributed by atoms with Crippen LogP contribution in [0.15, 0.2) is 4.90 Å². The smallest absolute Gasteiger partial charge is 0.184 e. The summed E-state index contributed by atoms with van der Waals surface area (Å²) >= 11 is 1.06. The molecule has 0 atom stereocenters. The lowest BCUT2D eigenvalue weighted by molar-refractivity contribution is 0.000712. The molecule has 0 aromatic carbocycles. The van der Waals surface area contributed by atoms with Gasteiger partial charge in [-0.15, -0.1) is 0 Å². The standard InChI is InChI=1S/C11H21N3O3S2/c1-5-17-11(3,4)7-13-10-8(9(12)14-18-10)19(15,16)6-2/h13H,5-7H2,1-4H3,(H2,12,14). The van der Waals surface area contributed by atoms with Crippen LogP contribution in [0.25, 0.3) is 0 Å². The summed E-state index contributed by atoms with van der Waals surface area (Å²) in [6, 6.07) is 0. The molecule has 1 rings (SSSR count). The molecule has 0 spiro atoms. The SMILES string of the molecule is CCOC(C)(C)CNc1snc(N)c1S(=O)(=O)CC. The van der Waals surface area contributed by atoms with Gasteiger partial charge in [0.1, 0.15) is 9.90 Å². The van der Waals surface area contributed by atoms with Gasteiger partial charge < -0.3 is 15.8 Å². The summed E-state index contributed by atoms with van der Waals surface area (Å²) in [6.07, 6.45) is 0. The lowest BCUT2D eigenvalue weighted by Crippen LogP contribution is -2.33. The molecule has 0 saturated carbocycles. The Balaban J connectivity index is 2.93. The van der Waals surface area contributed by atoms with Crippen molar-refractivity contribution in [3.8, 4) is 0 Å². The summed E-state index contributed by atoms with van der Waals surface area (Å²) in [7, 11) is -3.38. The molecular weight excluding hydrogens is 286 g/mol. The first-order chi connectivity index (χ1) is 8.73. The first-order valence-electron chi connectivity index (χ1n) is 6.09. The van der Waals surface area contributed by atoms with Crippen LogP contribution in [0, 0.1) is 0 Å². The molecule has 3 N–H and O–H groups in total. The van der Waals surface area contributed by atoms with Crippen molar-refractivity contribution in [2.45, 2.75) is 38.2 Å². The van der Waals surface area contributed by atoms with Crippen molar-refractivity contribution in [3.05, 3.63) is 0 Å². The van der Waals surface area contributed by atoms with Gasteiger partial charge in [-0.25, -0.2) is 8.42 Å². The number of nitrogen functional groups attached to an aromatic ring is 1. The monoisotopic (exact) mass is 307 g/mol. The molecule has 8 heteroatoms. The summed E-state index contributed by atoms with van der Waals surface area (Å²) < 4.78 is 33.4. The third-order valence-electron chi connectivity index (χ3n) is 2.57. The molecule has 0 fully saturated rings. The average Bonchev–Trinajstić information content (AvgIpc) is 2.69. The van der Waals surface area contributed by atoms with Crippen LogP contribution in [0.4, 0.5) is 10.8 Å². The molecule has 110 valence electrons. The fourth-order valence-corrected chi connectivity index (χ4v) is 3.75. The fraction of sp³-hybridized carbons (Fsp3) is 0.727. The largest absolute Gasteiger partial charge is 0.382 e. The highest BCUT2D eigenvalue weighted by atomic mass is 32.2. The zero-order chi connectivity index (χ0) is 14.7. The van der Waals surface area contributed by atoms with Crippen LogP contribution in [-0.2, 0) is 14.6 Å². The summed E-state index contributed by atoms with van der Waals surface area (Å²) in [5.41, 5.74) is 5.26. The van der Waals surface area contributed by atoms with E-state index in [1.165, 1.54) is 0 Å². The maximum Gasteiger partial charge on any atom is 0.184 e. The number of ether oxygens (including phenoxy) is 1. The van der Waals surface area contributed by atoms with Crippen molar-refractivity contribution in [1.29, 1.82) is 0 Å². The van der Waals surface area contributed by atoms with Crippen LogP contribution in [-0.4, -0.2) is 37.3 Å². The van der Waals surface area contributed by atoms with E-state index in [9.17, 15) is 8.42 Å². The first kappa shape index (κ1) is 16.2. The zero-order valence-corrected chi connectivity index (χ0v) is 13.3. The van der Waals surface area contributed by atoms with Crippen molar-refractivity contribution in [3.63, 3.8) is 0 Å². The Morgan fingerprint density at radius 2 is 2.05 bits per heavy atom. The number of sulfone groups is 1. The van der Waals surface area contributed by atoms with E-state index in [4.69, 9.17) is 10.5 Å². The molecule has 0 unspecified atom stereocenters. The van der Waals surface area contributed by atoms with Crippen LogP contribution in [0.1, 0.15) is 27.7 Å². The lowest BCUT2D eigenvalue weighted by atomic mass is 10.1. The van der Waals surface area contributed by atoms with Gasteiger partial charge in [-0.2, -0.15) is 4.37 Å². The number of nitrogens with one attached hydrogen (secondary N) is 1. The normalized spacial score (nSPS) is 12.6. The van der Waals surface area contributed by atoms with Crippen LogP contribution in [0.3, 0.4) is 0 Å². The van der Waals surface area contributed by atoms with Crippen molar-refractivity contribution in [2.24, 2.45) is 0 Å². The molecule has 1 heterocycles. The van der Waals surface area contributed by atoms with E-state index in [-0.39, 0.29) is 22.1 Å². The molecule has 1 aromatic heterocycles. The molecule has 19 heavy (non-hydrogen) atoms. The second-order valence-corrected chi connectivity index (χ2v) is 7.66. The zero-order valence-electron chi connectivity index (χ0n) is 11.7. The van der Waals surface area contributed by atoms with Gasteiger partial charge in [-0.05, 0) is 32.3 Å². The van der Waals surface area contributed by atoms with Gasteiger partial charge in [0.15, 0.2) is 15.7 Å². The van der Waals surface area contributed by atoms with E-state index < -0.39 is 9.84 Å².